The second-order valence-electron chi connectivity index (χ2n) is 18.9. The van der Waals surface area contributed by atoms with Crippen molar-refractivity contribution >= 4 is 46.4 Å². The molecule has 1 aliphatic carbocycles. The van der Waals surface area contributed by atoms with E-state index in [-0.39, 0.29) is 20.1 Å². The summed E-state index contributed by atoms with van der Waals surface area (Å²) >= 11 is 0. The summed E-state index contributed by atoms with van der Waals surface area (Å²) in [6, 6.07) is 49.1. The largest absolute Gasteiger partial charge is 0.486 e. The van der Waals surface area contributed by atoms with E-state index in [2.05, 4.69) is 167 Å². The molecule has 5 aromatic carbocycles. The van der Waals surface area contributed by atoms with Crippen molar-refractivity contribution in [3.8, 4) is 33.9 Å². The number of hydrogen-bond donors (Lipinski definition) is 0. The van der Waals surface area contributed by atoms with Gasteiger partial charge >= 0.3 is 0 Å². The van der Waals surface area contributed by atoms with E-state index in [0.717, 1.165) is 67.2 Å². The number of pyridine rings is 2. The van der Waals surface area contributed by atoms with Gasteiger partial charge in [0.25, 0.3) is 0 Å². The molecule has 64 heavy (non-hydrogen) atoms. The van der Waals surface area contributed by atoms with Crippen LogP contribution < -0.4 is 5.19 Å². The van der Waals surface area contributed by atoms with Crippen molar-refractivity contribution < 1.29 is 24.5 Å². The van der Waals surface area contributed by atoms with Gasteiger partial charge in [-0.3, -0.25) is 4.98 Å². The van der Waals surface area contributed by atoms with Crippen LogP contribution in [0.1, 0.15) is 79.7 Å². The van der Waals surface area contributed by atoms with Crippen molar-refractivity contribution in [1.82, 2.24) is 19.5 Å². The van der Waals surface area contributed by atoms with E-state index in [1.165, 1.54) is 60.8 Å². The summed E-state index contributed by atoms with van der Waals surface area (Å²) in [6.07, 6.45) is 10.5. The van der Waals surface area contributed by atoms with Crippen LogP contribution in [0.3, 0.4) is 0 Å². The molecule has 7 heteroatoms. The van der Waals surface area contributed by atoms with E-state index in [0.29, 0.717) is 18.2 Å². The number of rotatable bonds is 9. The summed E-state index contributed by atoms with van der Waals surface area (Å²) < 4.78 is 8.83. The van der Waals surface area contributed by atoms with Crippen molar-refractivity contribution in [2.45, 2.75) is 98.3 Å². The zero-order chi connectivity index (χ0) is 43.7. The third-order valence-electron chi connectivity index (χ3n) is 12.9. The molecule has 0 aliphatic heterocycles. The quantitative estimate of drug-likeness (QED) is 0.107. The van der Waals surface area contributed by atoms with Crippen LogP contribution in [-0.2, 0) is 33.1 Å². The predicted octanol–water partition coefficient (Wildman–Crippen LogP) is 14.5. The molecule has 0 spiro atoms. The van der Waals surface area contributed by atoms with Crippen LogP contribution in [0.25, 0.3) is 67.0 Å². The topological polar surface area (TPSA) is 56.7 Å². The zero-order valence-corrected chi connectivity index (χ0v) is 41.7. The Labute approximate surface area is 393 Å². The minimum atomic E-state index is -1.36. The van der Waals surface area contributed by atoms with Gasteiger partial charge in [-0.1, -0.05) is 143 Å². The first kappa shape index (κ1) is 45.1. The molecule has 0 bridgehead atoms. The first-order chi connectivity index (χ1) is 30.5. The number of aryl methyl sites for hydroxylation is 2. The maximum absolute atomic E-state index is 6.55. The van der Waals surface area contributed by atoms with Crippen molar-refractivity contribution in [3.63, 3.8) is 0 Å². The molecule has 10 rings (SSSR count). The standard InChI is InChI=1S/C36H30N3O.C21H28NSi.Ir/c1-22(2)26-16-19-32-31(20-26)37-35(39(32)21-25-12-6-5-7-13-25)29-15-9-14-27-28-17-18-30(38-36(28)40-34(27)29)33-23(3)10-8-11-24(33)4;1-23(2,3)21-16-22-20(18-12-8-5-9-13-18)15-19(21)14-17-10-6-4-7-11-17;/h5-14,16-20,22H,21H2,1-4H3;5,8-9,12,15-17H,4,6-7,10-11,14H2,1-3H3;/q2*-1;. The van der Waals surface area contributed by atoms with Gasteiger partial charge in [0.2, 0.25) is 5.71 Å². The molecule has 1 fully saturated rings. The maximum atomic E-state index is 6.55. The summed E-state index contributed by atoms with van der Waals surface area (Å²) in [5, 5.41) is 3.56. The normalized spacial score (nSPS) is 13.3. The number of benzene rings is 5. The van der Waals surface area contributed by atoms with Gasteiger partial charge in [-0.2, -0.15) is 0 Å². The minimum absolute atomic E-state index is 0. The Hall–Kier alpha value is -5.46. The van der Waals surface area contributed by atoms with Crippen molar-refractivity contribution in [1.29, 1.82) is 0 Å². The van der Waals surface area contributed by atoms with Gasteiger partial charge in [0.1, 0.15) is 0 Å². The Bertz CT molecular complexity index is 3010. The summed E-state index contributed by atoms with van der Waals surface area (Å²) in [5.74, 6) is 2.14. The fraction of sp³-hybridized carbons (Fsp3) is 0.281. The molecule has 1 aliphatic rings. The molecule has 1 radical (unpaired) electrons. The fourth-order valence-corrected chi connectivity index (χ4v) is 11.1. The van der Waals surface area contributed by atoms with E-state index in [1.807, 2.05) is 24.3 Å². The molecule has 0 N–H and O–H groups in total. The average Bonchev–Trinajstić information content (AvgIpc) is 3.84. The van der Waals surface area contributed by atoms with Crippen LogP contribution in [0.15, 0.2) is 132 Å². The van der Waals surface area contributed by atoms with Gasteiger partial charge in [-0.25, -0.2) is 4.98 Å². The predicted molar refractivity (Wildman–Crippen MR) is 265 cm³/mol. The number of hydrogen-bond acceptors (Lipinski definition) is 4. The number of imidazole rings is 1. The monoisotopic (exact) mass is 1040 g/mol. The SMILES string of the molecule is C[Si](C)(C)c1cnc(-c2[c-]cccc2)cc1CC1CCCCC1.Cc1cccc(C)c1-c1ccc2c(n1)oc1c(-c3nc4cc(C(C)C)ccc4n3Cc3ccccc3)[c-]ccc12.[Ir]. The molecular weight excluding hydrogens is 977 g/mol. The Morgan fingerprint density at radius 3 is 2.23 bits per heavy atom. The molecule has 5 nitrogen and oxygen atoms in total. The number of nitrogens with zero attached hydrogens (tertiary/aromatic N) is 4. The smallest absolute Gasteiger partial charge is 0.216 e. The Kier molecular flexibility index (Phi) is 13.6. The van der Waals surface area contributed by atoms with Crippen LogP contribution in [0, 0.1) is 31.9 Å². The van der Waals surface area contributed by atoms with Crippen molar-refractivity contribution in [2.75, 3.05) is 0 Å². The molecule has 9 aromatic rings. The van der Waals surface area contributed by atoms with Crippen LogP contribution in [0.5, 0.6) is 0 Å². The Morgan fingerprint density at radius 2 is 1.52 bits per heavy atom. The molecule has 4 heterocycles. The Morgan fingerprint density at radius 1 is 0.750 bits per heavy atom. The second kappa shape index (κ2) is 19.3. The van der Waals surface area contributed by atoms with Gasteiger partial charge in [0.05, 0.1) is 36.2 Å². The number of furan rings is 1. The van der Waals surface area contributed by atoms with Crippen LogP contribution >= 0.6 is 0 Å². The van der Waals surface area contributed by atoms with Gasteiger partial charge in [0.15, 0.2) is 0 Å². The summed E-state index contributed by atoms with van der Waals surface area (Å²) in [4.78, 5) is 15.0. The molecule has 0 saturated heterocycles. The van der Waals surface area contributed by atoms with Gasteiger partial charge in [-0.05, 0) is 89.5 Å². The summed E-state index contributed by atoms with van der Waals surface area (Å²) in [6.45, 7) is 16.7. The van der Waals surface area contributed by atoms with E-state index < -0.39 is 8.07 Å². The molecule has 0 atom stereocenters. The van der Waals surface area contributed by atoms with E-state index >= 15 is 0 Å². The molecule has 327 valence electrons. The Balaban J connectivity index is 0.000000199. The van der Waals surface area contributed by atoms with E-state index in [4.69, 9.17) is 19.4 Å². The third kappa shape index (κ3) is 9.49. The van der Waals surface area contributed by atoms with Crippen LogP contribution in [0.2, 0.25) is 19.6 Å². The van der Waals surface area contributed by atoms with Crippen LogP contribution in [-0.4, -0.2) is 27.6 Å². The van der Waals surface area contributed by atoms with Gasteiger partial charge < -0.3 is 14.0 Å². The second-order valence-corrected chi connectivity index (χ2v) is 23.9. The molecule has 4 aromatic heterocycles. The first-order valence-electron chi connectivity index (χ1n) is 22.8. The van der Waals surface area contributed by atoms with Crippen LogP contribution in [0.4, 0.5) is 0 Å². The molecule has 0 amide bonds. The van der Waals surface area contributed by atoms with Crippen molar-refractivity contribution in [2.24, 2.45) is 5.92 Å². The molecular formula is C57H58IrN4OSi-2. The third-order valence-corrected chi connectivity index (χ3v) is 15.0. The molecule has 1 saturated carbocycles. The van der Waals surface area contributed by atoms with Gasteiger partial charge in [0, 0.05) is 43.8 Å². The molecule has 0 unspecified atom stereocenters. The van der Waals surface area contributed by atoms with E-state index in [1.54, 1.807) is 10.8 Å². The number of aromatic nitrogens is 4. The first-order valence-corrected chi connectivity index (χ1v) is 26.3. The summed E-state index contributed by atoms with van der Waals surface area (Å²) in [7, 11) is -1.36. The fourth-order valence-electron chi connectivity index (χ4n) is 9.51. The average molecular weight is 1040 g/mol. The summed E-state index contributed by atoms with van der Waals surface area (Å²) in [5.41, 5.74) is 15.0. The van der Waals surface area contributed by atoms with E-state index in [9.17, 15) is 0 Å². The zero-order valence-electron chi connectivity index (χ0n) is 38.3. The van der Waals surface area contributed by atoms with Gasteiger partial charge in [-0.15, -0.1) is 54.1 Å². The number of fused-ring (bicyclic) bond motifs is 4. The minimum Gasteiger partial charge on any atom is -0.486 e. The van der Waals surface area contributed by atoms with Crippen molar-refractivity contribution in [3.05, 3.63) is 167 Å². The maximum Gasteiger partial charge on any atom is 0.216 e.